The summed E-state index contributed by atoms with van der Waals surface area (Å²) in [6.45, 7) is 2.14. The van der Waals surface area contributed by atoms with E-state index in [2.05, 4.69) is 41.7 Å². The number of hydrogen-bond donors (Lipinski definition) is 1. The Kier molecular flexibility index (Phi) is 5.70. The van der Waals surface area contributed by atoms with Crippen LogP contribution in [0.15, 0.2) is 78.9 Å². The molecule has 1 heterocycles. The van der Waals surface area contributed by atoms with Crippen LogP contribution in [0.3, 0.4) is 0 Å². The van der Waals surface area contributed by atoms with Gasteiger partial charge >= 0.3 is 0 Å². The second-order valence-corrected chi connectivity index (χ2v) is 6.90. The normalized spacial score (nSPS) is 16.2. The van der Waals surface area contributed by atoms with Crippen molar-refractivity contribution in [3.63, 3.8) is 0 Å². The summed E-state index contributed by atoms with van der Waals surface area (Å²) in [4.78, 5) is 0. The first-order valence-electron chi connectivity index (χ1n) is 9.59. The van der Waals surface area contributed by atoms with Gasteiger partial charge in [-0.15, -0.1) is 0 Å². The molecule has 3 nitrogen and oxygen atoms in total. The highest BCUT2D eigenvalue weighted by Crippen LogP contribution is 2.34. The monoisotopic (exact) mass is 359 g/mol. The van der Waals surface area contributed by atoms with Crippen LogP contribution < -0.4 is 14.8 Å². The van der Waals surface area contributed by atoms with Crippen LogP contribution in [-0.4, -0.2) is 6.54 Å². The van der Waals surface area contributed by atoms with Gasteiger partial charge in [0.1, 0.15) is 13.2 Å². The van der Waals surface area contributed by atoms with Crippen LogP contribution in [0.2, 0.25) is 0 Å². The molecule has 138 valence electrons. The Morgan fingerprint density at radius 3 is 1.96 bits per heavy atom. The van der Waals surface area contributed by atoms with E-state index < -0.39 is 0 Å². The van der Waals surface area contributed by atoms with Crippen molar-refractivity contribution in [2.75, 3.05) is 6.54 Å². The third kappa shape index (κ3) is 4.69. The van der Waals surface area contributed by atoms with Crippen LogP contribution >= 0.6 is 0 Å². The highest BCUT2D eigenvalue weighted by atomic mass is 16.5. The van der Waals surface area contributed by atoms with Crippen molar-refractivity contribution in [1.82, 2.24) is 5.32 Å². The number of nitrogens with one attached hydrogen (secondary N) is 1. The highest BCUT2D eigenvalue weighted by molar-refractivity contribution is 5.44. The summed E-state index contributed by atoms with van der Waals surface area (Å²) in [5, 5.41) is 3.55. The Hall–Kier alpha value is -2.78. The van der Waals surface area contributed by atoms with Gasteiger partial charge in [-0.2, -0.15) is 0 Å². The van der Waals surface area contributed by atoms with E-state index in [0.717, 1.165) is 29.2 Å². The molecule has 0 aromatic heterocycles. The van der Waals surface area contributed by atoms with E-state index in [1.807, 2.05) is 42.5 Å². The molecule has 1 aliphatic rings. The average Bonchev–Trinajstić information content (AvgIpc) is 3.27. The van der Waals surface area contributed by atoms with Crippen LogP contribution in [0.25, 0.3) is 0 Å². The van der Waals surface area contributed by atoms with Gasteiger partial charge in [-0.1, -0.05) is 66.7 Å². The smallest absolute Gasteiger partial charge is 0.162 e. The lowest BCUT2D eigenvalue weighted by Gasteiger charge is -2.17. The zero-order valence-electron chi connectivity index (χ0n) is 15.4. The molecular formula is C24H25NO2. The number of hydrogen-bond acceptors (Lipinski definition) is 3. The van der Waals surface area contributed by atoms with E-state index in [4.69, 9.17) is 9.47 Å². The van der Waals surface area contributed by atoms with Crippen LogP contribution in [0.5, 0.6) is 11.5 Å². The first kappa shape index (κ1) is 17.6. The highest BCUT2D eigenvalue weighted by Gasteiger charge is 2.18. The molecule has 0 unspecified atom stereocenters. The molecule has 0 radical (unpaired) electrons. The van der Waals surface area contributed by atoms with Crippen LogP contribution in [0.4, 0.5) is 0 Å². The topological polar surface area (TPSA) is 30.5 Å². The lowest BCUT2D eigenvalue weighted by molar-refractivity contribution is 0.255. The standard InChI is InChI=1S/C24H25NO2/c1-3-8-19(9-4-1)17-26-23-14-13-21(22-12-7-15-25-22)16-24(23)27-18-20-10-5-2-6-11-20/h1-6,8-11,13-14,16,22,25H,7,12,15,17-18H2/t22-/m0/s1. The van der Waals surface area contributed by atoms with Crippen molar-refractivity contribution in [2.24, 2.45) is 0 Å². The van der Waals surface area contributed by atoms with Crippen molar-refractivity contribution >= 4 is 0 Å². The molecular weight excluding hydrogens is 334 g/mol. The maximum absolute atomic E-state index is 6.16. The van der Waals surface area contributed by atoms with E-state index in [1.54, 1.807) is 0 Å². The van der Waals surface area contributed by atoms with E-state index >= 15 is 0 Å². The SMILES string of the molecule is c1ccc(COc2ccc([C@@H]3CCCN3)cc2OCc2ccccc2)cc1. The van der Waals surface area contributed by atoms with Crippen molar-refractivity contribution in [2.45, 2.75) is 32.1 Å². The van der Waals surface area contributed by atoms with E-state index in [-0.39, 0.29) is 0 Å². The van der Waals surface area contributed by atoms with Crippen molar-refractivity contribution in [3.05, 3.63) is 95.6 Å². The van der Waals surface area contributed by atoms with Crippen LogP contribution in [0.1, 0.15) is 35.6 Å². The van der Waals surface area contributed by atoms with Crippen molar-refractivity contribution in [3.8, 4) is 11.5 Å². The molecule has 0 amide bonds. The maximum Gasteiger partial charge on any atom is 0.162 e. The summed E-state index contributed by atoms with van der Waals surface area (Å²) in [6, 6.07) is 27.2. The molecule has 0 saturated carbocycles. The Bertz CT molecular complexity index is 843. The first-order valence-corrected chi connectivity index (χ1v) is 9.59. The van der Waals surface area contributed by atoms with Gasteiger partial charge in [-0.05, 0) is 48.2 Å². The summed E-state index contributed by atoms with van der Waals surface area (Å²) in [5.74, 6) is 1.59. The van der Waals surface area contributed by atoms with Gasteiger partial charge in [0.25, 0.3) is 0 Å². The summed E-state index contributed by atoms with van der Waals surface area (Å²) in [7, 11) is 0. The second-order valence-electron chi connectivity index (χ2n) is 6.90. The Morgan fingerprint density at radius 1 is 0.741 bits per heavy atom. The molecule has 3 heteroatoms. The molecule has 1 atom stereocenters. The fraction of sp³-hybridized carbons (Fsp3) is 0.250. The molecule has 4 rings (SSSR count). The summed E-state index contributed by atoms with van der Waals surface area (Å²) >= 11 is 0. The number of benzene rings is 3. The fourth-order valence-electron chi connectivity index (χ4n) is 3.41. The van der Waals surface area contributed by atoms with Gasteiger partial charge in [0, 0.05) is 6.04 Å². The lowest BCUT2D eigenvalue weighted by atomic mass is 10.0. The van der Waals surface area contributed by atoms with Gasteiger partial charge in [-0.3, -0.25) is 0 Å². The van der Waals surface area contributed by atoms with E-state index in [1.165, 1.54) is 18.4 Å². The molecule has 1 saturated heterocycles. The Morgan fingerprint density at radius 2 is 1.37 bits per heavy atom. The number of ether oxygens (including phenoxy) is 2. The zero-order chi connectivity index (χ0) is 18.3. The van der Waals surface area contributed by atoms with Gasteiger partial charge < -0.3 is 14.8 Å². The quantitative estimate of drug-likeness (QED) is 0.623. The summed E-state index contributed by atoms with van der Waals surface area (Å²) in [5.41, 5.74) is 3.56. The molecule has 1 N–H and O–H groups in total. The minimum Gasteiger partial charge on any atom is -0.485 e. The minimum atomic E-state index is 0.409. The molecule has 1 fully saturated rings. The second kappa shape index (κ2) is 8.74. The Balaban J connectivity index is 1.52. The third-order valence-corrected chi connectivity index (χ3v) is 4.90. The van der Waals surface area contributed by atoms with E-state index in [0.29, 0.717) is 19.3 Å². The molecule has 0 spiro atoms. The van der Waals surface area contributed by atoms with Crippen LogP contribution in [0, 0.1) is 0 Å². The van der Waals surface area contributed by atoms with Crippen molar-refractivity contribution < 1.29 is 9.47 Å². The molecule has 3 aromatic rings. The predicted octanol–water partition coefficient (Wildman–Crippen LogP) is 5.27. The maximum atomic E-state index is 6.16. The Labute approximate surface area is 161 Å². The molecule has 3 aromatic carbocycles. The van der Waals surface area contributed by atoms with Gasteiger partial charge in [0.15, 0.2) is 11.5 Å². The predicted molar refractivity (Wildman–Crippen MR) is 108 cm³/mol. The van der Waals surface area contributed by atoms with Gasteiger partial charge in [0.2, 0.25) is 0 Å². The summed E-state index contributed by atoms with van der Waals surface area (Å²) in [6.07, 6.45) is 2.39. The minimum absolute atomic E-state index is 0.409. The van der Waals surface area contributed by atoms with Crippen LogP contribution in [-0.2, 0) is 13.2 Å². The molecule has 0 bridgehead atoms. The number of rotatable bonds is 7. The molecule has 0 aliphatic carbocycles. The van der Waals surface area contributed by atoms with Crippen molar-refractivity contribution in [1.29, 1.82) is 0 Å². The lowest BCUT2D eigenvalue weighted by Crippen LogP contribution is -2.13. The average molecular weight is 359 g/mol. The largest absolute Gasteiger partial charge is 0.485 e. The first-order chi connectivity index (χ1) is 13.4. The van der Waals surface area contributed by atoms with E-state index in [9.17, 15) is 0 Å². The zero-order valence-corrected chi connectivity index (χ0v) is 15.4. The summed E-state index contributed by atoms with van der Waals surface area (Å²) < 4.78 is 12.2. The van der Waals surface area contributed by atoms with Gasteiger partial charge in [0.05, 0.1) is 0 Å². The molecule has 27 heavy (non-hydrogen) atoms. The fourth-order valence-corrected chi connectivity index (χ4v) is 3.41. The van der Waals surface area contributed by atoms with Gasteiger partial charge in [-0.25, -0.2) is 0 Å². The third-order valence-electron chi connectivity index (χ3n) is 4.90. The molecule has 1 aliphatic heterocycles.